The van der Waals surface area contributed by atoms with Gasteiger partial charge in [0.05, 0.1) is 16.3 Å². The van der Waals surface area contributed by atoms with E-state index in [4.69, 9.17) is 23.2 Å². The fourth-order valence-corrected chi connectivity index (χ4v) is 2.73. The number of benzene rings is 2. The minimum Gasteiger partial charge on any atom is -0.267 e. The highest BCUT2D eigenvalue weighted by molar-refractivity contribution is 6.36. The molecule has 3 aromatic rings. The molecule has 6 heteroatoms. The van der Waals surface area contributed by atoms with Crippen molar-refractivity contribution in [3.8, 4) is 0 Å². The number of amides is 1. The summed E-state index contributed by atoms with van der Waals surface area (Å²) in [7, 11) is 0. The average Bonchev–Trinajstić information content (AvgIpc) is 2.63. The first-order valence-electron chi connectivity index (χ1n) is 7.44. The van der Waals surface area contributed by atoms with E-state index in [0.29, 0.717) is 16.3 Å². The minimum atomic E-state index is -0.418. The molecule has 0 atom stereocenters. The molecule has 1 heterocycles. The molecule has 4 nitrogen and oxygen atoms in total. The van der Waals surface area contributed by atoms with Gasteiger partial charge in [-0.05, 0) is 30.3 Å². The topological polar surface area (TPSA) is 54.4 Å². The van der Waals surface area contributed by atoms with Gasteiger partial charge in [0.1, 0.15) is 0 Å². The molecular weight excluding hydrogens is 357 g/mol. The molecule has 1 N–H and O–H groups in total. The molecule has 0 aliphatic heterocycles. The SMILES string of the molecule is O=C(N/N=C(/c1ccccc1)c1cccnc1)c1ccc(Cl)cc1Cl. The van der Waals surface area contributed by atoms with Crippen molar-refractivity contribution in [3.05, 3.63) is 99.8 Å². The molecule has 0 aliphatic rings. The summed E-state index contributed by atoms with van der Waals surface area (Å²) in [5, 5.41) is 5.02. The Bertz CT molecular complexity index is 871. The Morgan fingerprint density at radius 1 is 0.960 bits per heavy atom. The zero-order chi connectivity index (χ0) is 17.6. The van der Waals surface area contributed by atoms with Gasteiger partial charge >= 0.3 is 0 Å². The van der Waals surface area contributed by atoms with Crippen LogP contribution in [0.2, 0.25) is 10.0 Å². The van der Waals surface area contributed by atoms with Crippen LogP contribution in [0.25, 0.3) is 0 Å². The van der Waals surface area contributed by atoms with E-state index in [1.807, 2.05) is 42.5 Å². The fourth-order valence-electron chi connectivity index (χ4n) is 2.24. The fraction of sp³-hybridized carbons (Fsp3) is 0. The van der Waals surface area contributed by atoms with Gasteiger partial charge in [0.25, 0.3) is 5.91 Å². The molecule has 3 rings (SSSR count). The number of nitrogens with zero attached hydrogens (tertiary/aromatic N) is 2. The number of pyridine rings is 1. The molecule has 0 fully saturated rings. The summed E-state index contributed by atoms with van der Waals surface area (Å²) in [6.45, 7) is 0. The molecule has 0 saturated heterocycles. The van der Waals surface area contributed by atoms with Crippen LogP contribution in [0.15, 0.2) is 78.2 Å². The van der Waals surface area contributed by atoms with Crippen LogP contribution in [0.5, 0.6) is 0 Å². The normalized spacial score (nSPS) is 11.2. The Balaban J connectivity index is 1.93. The van der Waals surface area contributed by atoms with E-state index in [9.17, 15) is 4.79 Å². The molecule has 25 heavy (non-hydrogen) atoms. The number of hydrazone groups is 1. The number of carbonyl (C=O) groups excluding carboxylic acids is 1. The second-order valence-corrected chi connectivity index (χ2v) is 5.98. The number of aromatic nitrogens is 1. The van der Waals surface area contributed by atoms with Crippen molar-refractivity contribution in [1.82, 2.24) is 10.4 Å². The molecule has 0 bridgehead atoms. The Labute approximate surface area is 155 Å². The van der Waals surface area contributed by atoms with E-state index < -0.39 is 5.91 Å². The quantitative estimate of drug-likeness (QED) is 0.540. The van der Waals surface area contributed by atoms with Crippen LogP contribution in [0, 0.1) is 0 Å². The largest absolute Gasteiger partial charge is 0.272 e. The third-order valence-corrected chi connectivity index (χ3v) is 3.98. The predicted octanol–water partition coefficient (Wildman–Crippen LogP) is 4.57. The van der Waals surface area contributed by atoms with E-state index in [-0.39, 0.29) is 5.02 Å². The number of rotatable bonds is 4. The summed E-state index contributed by atoms with van der Waals surface area (Å²) in [6, 6.07) is 17.9. The van der Waals surface area contributed by atoms with E-state index >= 15 is 0 Å². The van der Waals surface area contributed by atoms with Crippen LogP contribution >= 0.6 is 23.2 Å². The number of carbonyl (C=O) groups is 1. The van der Waals surface area contributed by atoms with Gasteiger partial charge in [-0.3, -0.25) is 9.78 Å². The lowest BCUT2D eigenvalue weighted by molar-refractivity contribution is 0.0955. The molecule has 1 amide bonds. The monoisotopic (exact) mass is 369 g/mol. The lowest BCUT2D eigenvalue weighted by atomic mass is 10.0. The lowest BCUT2D eigenvalue weighted by Gasteiger charge is -2.08. The third-order valence-electron chi connectivity index (χ3n) is 3.43. The van der Waals surface area contributed by atoms with Crippen LogP contribution in [-0.2, 0) is 0 Å². The number of hydrogen-bond donors (Lipinski definition) is 1. The van der Waals surface area contributed by atoms with Gasteiger partial charge in [0.2, 0.25) is 0 Å². The van der Waals surface area contributed by atoms with Crippen molar-refractivity contribution >= 4 is 34.8 Å². The van der Waals surface area contributed by atoms with E-state index in [2.05, 4.69) is 15.5 Å². The maximum Gasteiger partial charge on any atom is 0.272 e. The highest BCUT2D eigenvalue weighted by Crippen LogP contribution is 2.21. The van der Waals surface area contributed by atoms with Gasteiger partial charge in [-0.2, -0.15) is 5.10 Å². The molecule has 1 aromatic heterocycles. The molecule has 0 saturated carbocycles. The molecular formula is C19H13Cl2N3O. The zero-order valence-corrected chi connectivity index (χ0v) is 14.5. The maximum absolute atomic E-state index is 12.4. The van der Waals surface area contributed by atoms with E-state index in [0.717, 1.165) is 11.1 Å². The second-order valence-electron chi connectivity index (χ2n) is 5.13. The van der Waals surface area contributed by atoms with Crippen LogP contribution in [0.4, 0.5) is 0 Å². The summed E-state index contributed by atoms with van der Waals surface area (Å²) in [4.78, 5) is 16.5. The zero-order valence-electron chi connectivity index (χ0n) is 13.0. The van der Waals surface area contributed by atoms with Gasteiger partial charge in [0, 0.05) is 28.5 Å². The van der Waals surface area contributed by atoms with Crippen molar-refractivity contribution in [1.29, 1.82) is 0 Å². The Kier molecular flexibility index (Phi) is 5.43. The van der Waals surface area contributed by atoms with E-state index in [1.165, 1.54) is 6.07 Å². The lowest BCUT2D eigenvalue weighted by Crippen LogP contribution is -2.21. The van der Waals surface area contributed by atoms with Crippen LogP contribution in [0.1, 0.15) is 21.5 Å². The standard InChI is InChI=1S/C19H13Cl2N3O/c20-15-8-9-16(17(21)11-15)19(25)24-23-18(13-5-2-1-3-6-13)14-7-4-10-22-12-14/h1-12H,(H,24,25)/b23-18-. The van der Waals surface area contributed by atoms with Crippen molar-refractivity contribution in [2.45, 2.75) is 0 Å². The molecule has 2 aromatic carbocycles. The van der Waals surface area contributed by atoms with Gasteiger partial charge < -0.3 is 0 Å². The average molecular weight is 370 g/mol. The first-order valence-corrected chi connectivity index (χ1v) is 8.19. The van der Waals surface area contributed by atoms with Crippen molar-refractivity contribution in [2.24, 2.45) is 5.10 Å². The summed E-state index contributed by atoms with van der Waals surface area (Å²) in [6.07, 6.45) is 3.37. The molecule has 0 radical (unpaired) electrons. The summed E-state index contributed by atoms with van der Waals surface area (Å²) >= 11 is 11.9. The van der Waals surface area contributed by atoms with Crippen molar-refractivity contribution < 1.29 is 4.79 Å². The van der Waals surface area contributed by atoms with Gasteiger partial charge in [0.15, 0.2) is 0 Å². The maximum atomic E-state index is 12.4. The highest BCUT2D eigenvalue weighted by Gasteiger charge is 2.12. The summed E-state index contributed by atoms with van der Waals surface area (Å²) < 4.78 is 0. The van der Waals surface area contributed by atoms with Crippen LogP contribution in [-0.4, -0.2) is 16.6 Å². The number of halogens is 2. The van der Waals surface area contributed by atoms with Gasteiger partial charge in [-0.1, -0.05) is 53.5 Å². The van der Waals surface area contributed by atoms with E-state index in [1.54, 1.807) is 24.5 Å². The van der Waals surface area contributed by atoms with Gasteiger partial charge in [-0.25, -0.2) is 5.43 Å². The van der Waals surface area contributed by atoms with Gasteiger partial charge in [-0.15, -0.1) is 0 Å². The summed E-state index contributed by atoms with van der Waals surface area (Å²) in [5.74, 6) is -0.418. The molecule has 0 unspecified atom stereocenters. The molecule has 0 spiro atoms. The minimum absolute atomic E-state index is 0.267. The number of hydrogen-bond acceptors (Lipinski definition) is 3. The summed E-state index contributed by atoms with van der Waals surface area (Å²) in [5.41, 5.74) is 5.10. The van der Waals surface area contributed by atoms with Crippen LogP contribution < -0.4 is 5.43 Å². The van der Waals surface area contributed by atoms with Crippen molar-refractivity contribution in [2.75, 3.05) is 0 Å². The second kappa shape index (κ2) is 7.92. The Morgan fingerprint density at radius 3 is 2.40 bits per heavy atom. The smallest absolute Gasteiger partial charge is 0.267 e. The Hall–Kier alpha value is -2.69. The third kappa shape index (κ3) is 4.24. The predicted molar refractivity (Wildman–Crippen MR) is 100 cm³/mol. The molecule has 124 valence electrons. The Morgan fingerprint density at radius 2 is 1.72 bits per heavy atom. The van der Waals surface area contributed by atoms with Crippen molar-refractivity contribution in [3.63, 3.8) is 0 Å². The first kappa shape index (κ1) is 17.1. The number of nitrogens with one attached hydrogen (secondary N) is 1. The van der Waals surface area contributed by atoms with Crippen LogP contribution in [0.3, 0.4) is 0 Å². The molecule has 0 aliphatic carbocycles. The first-order chi connectivity index (χ1) is 12.1. The highest BCUT2D eigenvalue weighted by atomic mass is 35.5.